The molecule has 1 amide bonds. The summed E-state index contributed by atoms with van der Waals surface area (Å²) in [6.45, 7) is 1.71. The number of pyridine rings is 1. The van der Waals surface area contributed by atoms with E-state index < -0.39 is 23.8 Å². The van der Waals surface area contributed by atoms with Gasteiger partial charge in [-0.2, -0.15) is 4.73 Å². The Balaban J connectivity index is 1.87. The summed E-state index contributed by atoms with van der Waals surface area (Å²) in [6.07, 6.45) is 0.655. The number of ether oxygens (including phenoxy) is 1. The smallest absolute Gasteiger partial charge is 0.317 e. The van der Waals surface area contributed by atoms with Gasteiger partial charge in [-0.1, -0.05) is 6.92 Å². The number of anilines is 1. The number of rotatable bonds is 7. The lowest BCUT2D eigenvalue weighted by Gasteiger charge is -2.16. The molecular formula is C17H17FN2O4S. The molecule has 0 saturated carbocycles. The van der Waals surface area contributed by atoms with E-state index in [-0.39, 0.29) is 12.2 Å². The van der Waals surface area contributed by atoms with E-state index in [0.717, 1.165) is 11.8 Å². The van der Waals surface area contributed by atoms with Crippen LogP contribution in [0.15, 0.2) is 53.7 Å². The van der Waals surface area contributed by atoms with Gasteiger partial charge in [0.15, 0.2) is 12.3 Å². The topological polar surface area (TPSA) is 82.3 Å². The maximum absolute atomic E-state index is 12.9. The van der Waals surface area contributed by atoms with Crippen LogP contribution in [0.2, 0.25) is 0 Å². The van der Waals surface area contributed by atoms with E-state index in [2.05, 4.69) is 5.32 Å². The van der Waals surface area contributed by atoms with Crippen LogP contribution in [0.4, 0.5) is 10.1 Å². The van der Waals surface area contributed by atoms with E-state index in [1.165, 1.54) is 30.5 Å². The molecule has 8 heteroatoms. The standard InChI is InChI=1S/C17H17FN2O4S/c1-2-14(17(22)19-13-8-6-12(18)7-9-13)24-16(21)11-25-15-5-3-4-10-20(15)23/h3-10,14H,2,11H2,1H3,(H,19,22). The maximum atomic E-state index is 12.9. The molecule has 1 aromatic heterocycles. The molecule has 2 rings (SSSR count). The molecule has 0 saturated heterocycles. The van der Waals surface area contributed by atoms with Crippen molar-refractivity contribution in [1.29, 1.82) is 0 Å². The van der Waals surface area contributed by atoms with E-state index in [1.807, 2.05) is 0 Å². The molecule has 0 radical (unpaired) electrons. The van der Waals surface area contributed by atoms with Gasteiger partial charge in [0.05, 0.1) is 0 Å². The van der Waals surface area contributed by atoms with Gasteiger partial charge in [-0.05, 0) is 48.5 Å². The Morgan fingerprint density at radius 3 is 2.64 bits per heavy atom. The fourth-order valence-electron chi connectivity index (χ4n) is 1.93. The van der Waals surface area contributed by atoms with Crippen molar-refractivity contribution < 1.29 is 23.4 Å². The molecular weight excluding hydrogens is 347 g/mol. The Hall–Kier alpha value is -2.61. The van der Waals surface area contributed by atoms with E-state index in [0.29, 0.717) is 15.4 Å². The van der Waals surface area contributed by atoms with Gasteiger partial charge in [-0.25, -0.2) is 4.39 Å². The highest BCUT2D eigenvalue weighted by Crippen LogP contribution is 2.14. The first-order valence-corrected chi connectivity index (χ1v) is 8.55. The van der Waals surface area contributed by atoms with Gasteiger partial charge >= 0.3 is 5.97 Å². The zero-order chi connectivity index (χ0) is 18.2. The highest BCUT2D eigenvalue weighted by molar-refractivity contribution is 7.99. The van der Waals surface area contributed by atoms with E-state index >= 15 is 0 Å². The van der Waals surface area contributed by atoms with Crippen LogP contribution < -0.4 is 10.0 Å². The molecule has 0 aliphatic rings. The SMILES string of the molecule is CCC(OC(=O)CSc1cccc[n+]1[O-])C(=O)Nc1ccc(F)cc1. The number of benzene rings is 1. The third kappa shape index (κ3) is 5.75. The van der Waals surface area contributed by atoms with Crippen molar-refractivity contribution in [1.82, 2.24) is 0 Å². The van der Waals surface area contributed by atoms with Gasteiger partial charge in [0.1, 0.15) is 11.6 Å². The van der Waals surface area contributed by atoms with Crippen LogP contribution in [0.1, 0.15) is 13.3 Å². The molecule has 0 aliphatic heterocycles. The summed E-state index contributed by atoms with van der Waals surface area (Å²) in [5, 5.41) is 14.4. The Labute approximate surface area is 148 Å². The Morgan fingerprint density at radius 1 is 1.28 bits per heavy atom. The number of aromatic nitrogens is 1. The van der Waals surface area contributed by atoms with Gasteiger partial charge in [-0.3, -0.25) is 9.59 Å². The molecule has 1 aromatic carbocycles. The first kappa shape index (κ1) is 18.7. The van der Waals surface area contributed by atoms with Gasteiger partial charge in [-0.15, -0.1) is 0 Å². The first-order chi connectivity index (χ1) is 12.0. The van der Waals surface area contributed by atoms with Gasteiger partial charge < -0.3 is 15.3 Å². The normalized spacial score (nSPS) is 11.6. The van der Waals surface area contributed by atoms with E-state index in [9.17, 15) is 19.2 Å². The number of hydrogen-bond donors (Lipinski definition) is 1. The highest BCUT2D eigenvalue weighted by atomic mass is 32.2. The predicted molar refractivity (Wildman–Crippen MR) is 91.3 cm³/mol. The average Bonchev–Trinajstić information content (AvgIpc) is 2.60. The molecule has 0 spiro atoms. The maximum Gasteiger partial charge on any atom is 0.317 e. The van der Waals surface area contributed by atoms with Gasteiger partial charge in [0.2, 0.25) is 0 Å². The Kier molecular flexibility index (Phi) is 6.76. The van der Waals surface area contributed by atoms with Crippen LogP contribution >= 0.6 is 11.8 Å². The molecule has 1 heterocycles. The summed E-state index contributed by atoms with van der Waals surface area (Å²) >= 11 is 1.03. The first-order valence-electron chi connectivity index (χ1n) is 7.56. The van der Waals surface area contributed by atoms with Crippen molar-refractivity contribution in [3.8, 4) is 0 Å². The summed E-state index contributed by atoms with van der Waals surface area (Å²) in [4.78, 5) is 24.1. The largest absolute Gasteiger partial charge is 0.618 e. The number of thioether (sulfide) groups is 1. The van der Waals surface area contributed by atoms with Crippen molar-refractivity contribution in [2.24, 2.45) is 0 Å². The second-order valence-corrected chi connectivity index (χ2v) is 6.03. The number of hydrogen-bond acceptors (Lipinski definition) is 5. The number of carbonyl (C=O) groups excluding carboxylic acids is 2. The van der Waals surface area contributed by atoms with Crippen molar-refractivity contribution >= 4 is 29.3 Å². The summed E-state index contributed by atoms with van der Waals surface area (Å²) in [6, 6.07) is 10.1. The second-order valence-electron chi connectivity index (χ2n) is 5.04. The Morgan fingerprint density at radius 2 is 2.00 bits per heavy atom. The molecule has 0 fully saturated rings. The lowest BCUT2D eigenvalue weighted by molar-refractivity contribution is -0.645. The predicted octanol–water partition coefficient (Wildman–Crippen LogP) is 2.51. The Bertz CT molecular complexity index is 740. The van der Waals surface area contributed by atoms with Crippen LogP contribution in [0, 0.1) is 11.0 Å². The number of amides is 1. The van der Waals surface area contributed by atoms with Crippen LogP contribution in [-0.4, -0.2) is 23.7 Å². The number of nitrogens with zero attached hydrogens (tertiary/aromatic N) is 1. The van der Waals surface area contributed by atoms with Crippen LogP contribution in [0.3, 0.4) is 0 Å². The summed E-state index contributed by atoms with van der Waals surface area (Å²) in [5.41, 5.74) is 0.409. The number of nitrogens with one attached hydrogen (secondary N) is 1. The minimum absolute atomic E-state index is 0.0907. The minimum atomic E-state index is -0.965. The molecule has 0 bridgehead atoms. The molecule has 1 N–H and O–H groups in total. The van der Waals surface area contributed by atoms with Crippen molar-refractivity contribution in [3.05, 3.63) is 59.7 Å². The molecule has 25 heavy (non-hydrogen) atoms. The van der Waals surface area contributed by atoms with Crippen molar-refractivity contribution in [2.75, 3.05) is 11.1 Å². The van der Waals surface area contributed by atoms with Crippen LogP contribution in [0.5, 0.6) is 0 Å². The molecule has 2 aromatic rings. The lowest BCUT2D eigenvalue weighted by Crippen LogP contribution is -2.33. The van der Waals surface area contributed by atoms with Gasteiger partial charge in [0, 0.05) is 17.8 Å². The molecule has 6 nitrogen and oxygen atoms in total. The zero-order valence-corrected chi connectivity index (χ0v) is 14.3. The van der Waals surface area contributed by atoms with Crippen LogP contribution in [-0.2, 0) is 14.3 Å². The van der Waals surface area contributed by atoms with Gasteiger partial charge in [0.25, 0.3) is 10.9 Å². The lowest BCUT2D eigenvalue weighted by atomic mass is 10.2. The molecule has 1 atom stereocenters. The fraction of sp³-hybridized carbons (Fsp3) is 0.235. The summed E-state index contributed by atoms with van der Waals surface area (Å²) in [5.74, 6) is -1.60. The van der Waals surface area contributed by atoms with E-state index in [1.54, 1.807) is 25.1 Å². The summed E-state index contributed by atoms with van der Waals surface area (Å²) in [7, 11) is 0. The monoisotopic (exact) mass is 364 g/mol. The van der Waals surface area contributed by atoms with Crippen molar-refractivity contribution in [3.63, 3.8) is 0 Å². The second kappa shape index (κ2) is 9.03. The number of esters is 1. The molecule has 0 aliphatic carbocycles. The average molecular weight is 364 g/mol. The zero-order valence-electron chi connectivity index (χ0n) is 13.5. The van der Waals surface area contributed by atoms with Crippen LogP contribution in [0.25, 0.3) is 0 Å². The quantitative estimate of drug-likeness (QED) is 0.353. The molecule has 132 valence electrons. The minimum Gasteiger partial charge on any atom is -0.618 e. The molecule has 1 unspecified atom stereocenters. The fourth-order valence-corrected chi connectivity index (χ4v) is 2.62. The summed E-state index contributed by atoms with van der Waals surface area (Å²) < 4.78 is 18.7. The van der Waals surface area contributed by atoms with Crippen molar-refractivity contribution in [2.45, 2.75) is 24.5 Å². The number of carbonyl (C=O) groups is 2. The van der Waals surface area contributed by atoms with E-state index in [4.69, 9.17) is 4.74 Å². The highest BCUT2D eigenvalue weighted by Gasteiger charge is 2.22. The third-order valence-corrected chi connectivity index (χ3v) is 4.17. The number of halogens is 1. The third-order valence-electron chi connectivity index (χ3n) is 3.18.